The van der Waals surface area contributed by atoms with Gasteiger partial charge in [0.1, 0.15) is 0 Å². The molecule has 0 unspecified atom stereocenters. The topological polar surface area (TPSA) is 63.9 Å². The second-order valence-electron chi connectivity index (χ2n) is 5.60. The molecule has 1 fully saturated rings. The summed E-state index contributed by atoms with van der Waals surface area (Å²) in [6, 6.07) is 8.31. The first-order valence-electron chi connectivity index (χ1n) is 7.63. The van der Waals surface area contributed by atoms with E-state index in [2.05, 4.69) is 4.98 Å². The highest BCUT2D eigenvalue weighted by Gasteiger charge is 2.22. The number of rotatable bonds is 1. The first kappa shape index (κ1) is 15.1. The van der Waals surface area contributed by atoms with Gasteiger partial charge in [-0.25, -0.2) is 4.98 Å². The largest absolute Gasteiger partial charge is 0.378 e. The molecule has 3 aromatic rings. The van der Waals surface area contributed by atoms with Gasteiger partial charge in [0.2, 0.25) is 0 Å². The Kier molecular flexibility index (Phi) is 3.70. The van der Waals surface area contributed by atoms with Gasteiger partial charge in [0.05, 0.1) is 29.7 Å². The minimum Gasteiger partial charge on any atom is -0.378 e. The summed E-state index contributed by atoms with van der Waals surface area (Å²) in [4.78, 5) is 31.7. The molecule has 0 N–H and O–H groups in total. The molecule has 6 nitrogen and oxygen atoms in total. The lowest BCUT2D eigenvalue weighted by Gasteiger charge is -2.27. The molecule has 1 aliphatic heterocycles. The number of carbonyl (C=O) groups is 1. The number of amides is 1. The Hall–Kier alpha value is -2.44. The van der Waals surface area contributed by atoms with Gasteiger partial charge in [-0.05, 0) is 30.3 Å². The number of hydrogen-bond acceptors (Lipinski definition) is 4. The quantitative estimate of drug-likeness (QED) is 0.634. The van der Waals surface area contributed by atoms with Crippen LogP contribution in [0.1, 0.15) is 10.4 Å². The highest BCUT2D eigenvalue weighted by molar-refractivity contribution is 6.31. The Balaban J connectivity index is 1.94. The monoisotopic (exact) mass is 343 g/mol. The van der Waals surface area contributed by atoms with Crippen LogP contribution in [0.4, 0.5) is 0 Å². The van der Waals surface area contributed by atoms with Crippen molar-refractivity contribution < 1.29 is 9.53 Å². The number of pyridine rings is 1. The van der Waals surface area contributed by atoms with E-state index in [9.17, 15) is 9.59 Å². The second-order valence-corrected chi connectivity index (χ2v) is 6.03. The van der Waals surface area contributed by atoms with Crippen LogP contribution in [0.15, 0.2) is 41.3 Å². The lowest BCUT2D eigenvalue weighted by atomic mass is 10.2. The van der Waals surface area contributed by atoms with E-state index in [1.165, 1.54) is 4.40 Å². The maximum atomic E-state index is 12.8. The second kappa shape index (κ2) is 5.89. The zero-order valence-electron chi connectivity index (χ0n) is 12.7. The molecule has 7 heteroatoms. The first-order valence-corrected chi connectivity index (χ1v) is 8.00. The van der Waals surface area contributed by atoms with Gasteiger partial charge >= 0.3 is 0 Å². The van der Waals surface area contributed by atoms with Gasteiger partial charge in [0.15, 0.2) is 5.65 Å². The van der Waals surface area contributed by atoms with Gasteiger partial charge in [-0.15, -0.1) is 0 Å². The van der Waals surface area contributed by atoms with E-state index >= 15 is 0 Å². The Morgan fingerprint density at radius 2 is 2.00 bits per heavy atom. The van der Waals surface area contributed by atoms with Crippen molar-refractivity contribution in [1.29, 1.82) is 0 Å². The first-order chi connectivity index (χ1) is 11.6. The number of nitrogens with zero attached hydrogens (tertiary/aromatic N) is 3. The van der Waals surface area contributed by atoms with E-state index in [0.717, 1.165) is 0 Å². The molecule has 0 radical (unpaired) electrons. The Bertz CT molecular complexity index is 1010. The van der Waals surface area contributed by atoms with E-state index in [1.54, 1.807) is 41.4 Å². The molecule has 4 rings (SSSR count). The van der Waals surface area contributed by atoms with Crippen LogP contribution >= 0.6 is 11.6 Å². The lowest BCUT2D eigenvalue weighted by molar-refractivity contribution is 0.0304. The van der Waals surface area contributed by atoms with Crippen LogP contribution in [-0.2, 0) is 4.74 Å². The molecule has 0 atom stereocenters. The van der Waals surface area contributed by atoms with Gasteiger partial charge in [-0.3, -0.25) is 14.0 Å². The van der Waals surface area contributed by atoms with E-state index in [1.807, 2.05) is 0 Å². The number of hydrogen-bond donors (Lipinski definition) is 0. The van der Waals surface area contributed by atoms with Crippen molar-refractivity contribution in [2.75, 3.05) is 26.3 Å². The molecule has 1 saturated heterocycles. The van der Waals surface area contributed by atoms with Crippen LogP contribution in [0.2, 0.25) is 5.02 Å². The Labute approximate surface area is 142 Å². The summed E-state index contributed by atoms with van der Waals surface area (Å²) in [5.41, 5.74) is 1.00. The van der Waals surface area contributed by atoms with E-state index < -0.39 is 0 Å². The summed E-state index contributed by atoms with van der Waals surface area (Å²) in [5, 5.41) is 0.962. The third-order valence-corrected chi connectivity index (χ3v) is 4.37. The fraction of sp³-hybridized carbons (Fsp3) is 0.235. The molecule has 0 bridgehead atoms. The molecule has 1 aliphatic rings. The van der Waals surface area contributed by atoms with Crippen molar-refractivity contribution in [3.05, 3.63) is 57.5 Å². The van der Waals surface area contributed by atoms with Gasteiger partial charge in [0, 0.05) is 24.3 Å². The third kappa shape index (κ3) is 2.44. The van der Waals surface area contributed by atoms with Crippen molar-refractivity contribution in [2.45, 2.75) is 0 Å². The fourth-order valence-electron chi connectivity index (χ4n) is 2.90. The minimum atomic E-state index is -0.219. The number of ether oxygens (including phenoxy) is 1. The molecule has 0 aliphatic carbocycles. The summed E-state index contributed by atoms with van der Waals surface area (Å²) in [7, 11) is 0. The van der Waals surface area contributed by atoms with E-state index in [-0.39, 0.29) is 11.5 Å². The van der Waals surface area contributed by atoms with Gasteiger partial charge in [-0.1, -0.05) is 11.6 Å². The van der Waals surface area contributed by atoms with Gasteiger partial charge < -0.3 is 9.64 Å². The molecule has 1 aromatic carbocycles. The van der Waals surface area contributed by atoms with Crippen LogP contribution < -0.4 is 5.56 Å². The molecule has 2 aromatic heterocycles. The summed E-state index contributed by atoms with van der Waals surface area (Å²) in [6.07, 6.45) is 1.62. The molecule has 0 saturated carbocycles. The molecular formula is C17H14ClN3O3. The van der Waals surface area contributed by atoms with Crippen LogP contribution in [0.25, 0.3) is 16.6 Å². The van der Waals surface area contributed by atoms with Crippen LogP contribution in [0, 0.1) is 0 Å². The lowest BCUT2D eigenvalue weighted by Crippen LogP contribution is -2.41. The smallest absolute Gasteiger partial charge is 0.265 e. The average Bonchev–Trinajstić information content (AvgIpc) is 2.61. The zero-order valence-corrected chi connectivity index (χ0v) is 13.5. The molecule has 24 heavy (non-hydrogen) atoms. The average molecular weight is 344 g/mol. The standard InChI is InChI=1S/C17H14ClN3O3/c18-11-3-4-12-14(10-11)19-15-13(2-1-5-21(15)17(12)23)16(22)20-6-8-24-9-7-20/h1-5,10H,6-9H2. The maximum Gasteiger partial charge on any atom is 0.265 e. The number of halogens is 1. The third-order valence-electron chi connectivity index (χ3n) is 4.13. The van der Waals surface area contributed by atoms with Crippen LogP contribution in [0.3, 0.4) is 0 Å². The molecular weight excluding hydrogens is 330 g/mol. The summed E-state index contributed by atoms with van der Waals surface area (Å²) in [5.74, 6) is -0.148. The summed E-state index contributed by atoms with van der Waals surface area (Å²) in [6.45, 7) is 2.10. The number of fused-ring (bicyclic) bond motifs is 2. The SMILES string of the molecule is O=C(c1cccn2c(=O)c3ccc(Cl)cc3nc12)N1CCOCC1. The summed E-state index contributed by atoms with van der Waals surface area (Å²) >= 11 is 6.01. The van der Waals surface area contributed by atoms with E-state index in [0.29, 0.717) is 53.4 Å². The van der Waals surface area contributed by atoms with Crippen LogP contribution in [-0.4, -0.2) is 46.5 Å². The zero-order chi connectivity index (χ0) is 16.7. The van der Waals surface area contributed by atoms with Crippen molar-refractivity contribution in [2.24, 2.45) is 0 Å². The number of benzene rings is 1. The van der Waals surface area contributed by atoms with Crippen LogP contribution in [0.5, 0.6) is 0 Å². The highest BCUT2D eigenvalue weighted by atomic mass is 35.5. The minimum absolute atomic E-state index is 0.148. The Morgan fingerprint density at radius 3 is 2.79 bits per heavy atom. The molecule has 1 amide bonds. The maximum absolute atomic E-state index is 12.8. The van der Waals surface area contributed by atoms with Gasteiger partial charge in [0.25, 0.3) is 11.5 Å². The predicted molar refractivity (Wildman–Crippen MR) is 90.7 cm³/mol. The van der Waals surface area contributed by atoms with Crippen molar-refractivity contribution in [3.8, 4) is 0 Å². The number of morpholine rings is 1. The normalized spacial score (nSPS) is 15.1. The number of carbonyl (C=O) groups excluding carboxylic acids is 1. The summed E-state index contributed by atoms with van der Waals surface area (Å²) < 4.78 is 6.69. The van der Waals surface area contributed by atoms with Crippen molar-refractivity contribution in [3.63, 3.8) is 0 Å². The van der Waals surface area contributed by atoms with Gasteiger partial charge in [-0.2, -0.15) is 0 Å². The van der Waals surface area contributed by atoms with Crippen molar-refractivity contribution in [1.82, 2.24) is 14.3 Å². The molecule has 3 heterocycles. The fourth-order valence-corrected chi connectivity index (χ4v) is 3.07. The highest BCUT2D eigenvalue weighted by Crippen LogP contribution is 2.18. The molecule has 0 spiro atoms. The number of aromatic nitrogens is 2. The molecule has 122 valence electrons. The van der Waals surface area contributed by atoms with Crippen molar-refractivity contribution >= 4 is 34.1 Å². The Morgan fingerprint density at radius 1 is 1.21 bits per heavy atom. The van der Waals surface area contributed by atoms with E-state index in [4.69, 9.17) is 16.3 Å². The predicted octanol–water partition coefficient (Wildman–Crippen LogP) is 1.97.